The lowest BCUT2D eigenvalue weighted by molar-refractivity contribution is 0.101. The summed E-state index contributed by atoms with van der Waals surface area (Å²) in [6.45, 7) is 5.59. The van der Waals surface area contributed by atoms with Gasteiger partial charge in [0.15, 0.2) is 0 Å². The smallest absolute Gasteiger partial charge is 0.0802 e. The maximum atomic E-state index is 10.6. The molecule has 2 unspecified atom stereocenters. The van der Waals surface area contributed by atoms with Gasteiger partial charge in [0.1, 0.15) is 0 Å². The maximum Gasteiger partial charge on any atom is 0.0802 e. The first-order valence-electron chi connectivity index (χ1n) is 9.06. The summed E-state index contributed by atoms with van der Waals surface area (Å²) in [6.07, 6.45) is 8.10. The van der Waals surface area contributed by atoms with Crippen LogP contribution in [0.4, 0.5) is 5.69 Å². The monoisotopic (exact) mass is 302 g/mol. The van der Waals surface area contributed by atoms with Crippen LogP contribution in [0.15, 0.2) is 18.2 Å². The summed E-state index contributed by atoms with van der Waals surface area (Å²) < 4.78 is 0. The molecule has 1 aromatic carbocycles. The fourth-order valence-electron chi connectivity index (χ4n) is 3.97. The first-order valence-corrected chi connectivity index (χ1v) is 9.06. The molecule has 2 atom stereocenters. The predicted molar refractivity (Wildman–Crippen MR) is 92.3 cm³/mol. The molecule has 2 aliphatic heterocycles. The summed E-state index contributed by atoms with van der Waals surface area (Å²) in [4.78, 5) is 2.59. The topological polar surface area (TPSA) is 35.5 Å². The number of rotatable bonds is 5. The lowest BCUT2D eigenvalue weighted by Gasteiger charge is -2.35. The van der Waals surface area contributed by atoms with E-state index in [9.17, 15) is 5.11 Å². The van der Waals surface area contributed by atoms with Crippen LogP contribution < -0.4 is 5.32 Å². The van der Waals surface area contributed by atoms with E-state index in [4.69, 9.17) is 0 Å². The second kappa shape index (κ2) is 7.47. The van der Waals surface area contributed by atoms with Crippen LogP contribution >= 0.6 is 0 Å². The Hall–Kier alpha value is -1.06. The molecule has 0 spiro atoms. The quantitative estimate of drug-likeness (QED) is 0.870. The van der Waals surface area contributed by atoms with E-state index in [1.165, 1.54) is 49.9 Å². The summed E-state index contributed by atoms with van der Waals surface area (Å²) in [5.74, 6) is 0. The van der Waals surface area contributed by atoms with Gasteiger partial charge < -0.3 is 15.3 Å². The van der Waals surface area contributed by atoms with Crippen LogP contribution in [0.5, 0.6) is 0 Å². The van der Waals surface area contributed by atoms with E-state index in [1.807, 2.05) is 0 Å². The molecule has 1 aromatic rings. The highest BCUT2D eigenvalue weighted by Crippen LogP contribution is 2.28. The third-order valence-corrected chi connectivity index (χ3v) is 5.36. The minimum Gasteiger partial charge on any atom is -0.388 e. The molecule has 22 heavy (non-hydrogen) atoms. The number of aliphatic hydroxyl groups is 1. The van der Waals surface area contributed by atoms with Gasteiger partial charge in [0.2, 0.25) is 0 Å². The van der Waals surface area contributed by atoms with Gasteiger partial charge in [-0.15, -0.1) is 0 Å². The average molecular weight is 302 g/mol. The van der Waals surface area contributed by atoms with Crippen molar-refractivity contribution in [2.24, 2.45) is 0 Å². The SMILES string of the molecule is CCC1CCCCN1CCC(O)c1ccc2c(c1)CCCN2. The molecule has 2 N–H and O–H groups in total. The summed E-state index contributed by atoms with van der Waals surface area (Å²) in [7, 11) is 0. The van der Waals surface area contributed by atoms with Crippen LogP contribution in [0.2, 0.25) is 0 Å². The molecule has 0 saturated carbocycles. The Balaban J connectivity index is 1.58. The van der Waals surface area contributed by atoms with Crippen LogP contribution in [-0.2, 0) is 6.42 Å². The van der Waals surface area contributed by atoms with Crippen molar-refractivity contribution in [1.82, 2.24) is 4.90 Å². The van der Waals surface area contributed by atoms with E-state index in [0.717, 1.165) is 37.5 Å². The molecular weight excluding hydrogens is 272 g/mol. The number of aliphatic hydroxyl groups excluding tert-OH is 1. The number of piperidine rings is 1. The molecule has 0 aromatic heterocycles. The molecule has 1 fully saturated rings. The number of fused-ring (bicyclic) bond motifs is 1. The Kier molecular flexibility index (Phi) is 5.37. The summed E-state index contributed by atoms with van der Waals surface area (Å²) >= 11 is 0. The Bertz CT molecular complexity index is 488. The average Bonchev–Trinajstić information content (AvgIpc) is 2.59. The minimum atomic E-state index is -0.327. The zero-order valence-electron chi connectivity index (χ0n) is 13.9. The molecule has 2 aliphatic rings. The molecule has 0 radical (unpaired) electrons. The van der Waals surface area contributed by atoms with Crippen molar-refractivity contribution in [2.45, 2.75) is 64.0 Å². The van der Waals surface area contributed by atoms with Crippen molar-refractivity contribution in [1.29, 1.82) is 0 Å². The number of nitrogens with one attached hydrogen (secondary N) is 1. The van der Waals surface area contributed by atoms with Gasteiger partial charge in [-0.1, -0.05) is 25.5 Å². The van der Waals surface area contributed by atoms with E-state index in [-0.39, 0.29) is 6.10 Å². The van der Waals surface area contributed by atoms with E-state index in [2.05, 4.69) is 35.3 Å². The molecule has 122 valence electrons. The lowest BCUT2D eigenvalue weighted by atomic mass is 9.96. The van der Waals surface area contributed by atoms with Crippen molar-refractivity contribution in [3.63, 3.8) is 0 Å². The zero-order chi connectivity index (χ0) is 15.4. The highest BCUT2D eigenvalue weighted by atomic mass is 16.3. The number of hydrogen-bond acceptors (Lipinski definition) is 3. The molecule has 3 rings (SSSR count). The second-order valence-corrected chi connectivity index (χ2v) is 6.85. The van der Waals surface area contributed by atoms with Crippen LogP contribution in [0.25, 0.3) is 0 Å². The largest absolute Gasteiger partial charge is 0.388 e. The highest BCUT2D eigenvalue weighted by molar-refractivity contribution is 5.54. The van der Waals surface area contributed by atoms with E-state index < -0.39 is 0 Å². The van der Waals surface area contributed by atoms with Crippen molar-refractivity contribution in [3.05, 3.63) is 29.3 Å². The summed E-state index contributed by atoms with van der Waals surface area (Å²) in [5, 5.41) is 14.0. The van der Waals surface area contributed by atoms with Gasteiger partial charge in [-0.2, -0.15) is 0 Å². The van der Waals surface area contributed by atoms with Crippen LogP contribution in [-0.4, -0.2) is 35.7 Å². The van der Waals surface area contributed by atoms with Crippen molar-refractivity contribution < 1.29 is 5.11 Å². The summed E-state index contributed by atoms with van der Waals surface area (Å²) in [5.41, 5.74) is 3.71. The van der Waals surface area contributed by atoms with Crippen LogP contribution in [0.3, 0.4) is 0 Å². The molecule has 0 amide bonds. The van der Waals surface area contributed by atoms with Gasteiger partial charge in [0.25, 0.3) is 0 Å². The number of benzene rings is 1. The van der Waals surface area contributed by atoms with Gasteiger partial charge in [-0.3, -0.25) is 0 Å². The zero-order valence-corrected chi connectivity index (χ0v) is 13.9. The number of nitrogens with zero attached hydrogens (tertiary/aromatic N) is 1. The van der Waals surface area contributed by atoms with Gasteiger partial charge in [0, 0.05) is 24.8 Å². The van der Waals surface area contributed by atoms with Crippen LogP contribution in [0.1, 0.15) is 62.7 Å². The highest BCUT2D eigenvalue weighted by Gasteiger charge is 2.21. The Morgan fingerprint density at radius 2 is 2.23 bits per heavy atom. The number of anilines is 1. The molecule has 3 heteroatoms. The van der Waals surface area contributed by atoms with Gasteiger partial charge in [-0.05, 0) is 62.3 Å². The fraction of sp³-hybridized carbons (Fsp3) is 0.684. The second-order valence-electron chi connectivity index (χ2n) is 6.85. The molecule has 3 nitrogen and oxygen atoms in total. The Morgan fingerprint density at radius 3 is 3.09 bits per heavy atom. The van der Waals surface area contributed by atoms with E-state index >= 15 is 0 Å². The molecule has 0 aliphatic carbocycles. The Labute approximate surface area is 134 Å². The van der Waals surface area contributed by atoms with E-state index in [0.29, 0.717) is 0 Å². The first kappa shape index (κ1) is 15.8. The number of hydrogen-bond donors (Lipinski definition) is 2. The molecule has 2 heterocycles. The standard InChI is InChI=1S/C19H30N2O/c1-2-17-7-3-4-12-21(17)13-10-19(22)16-8-9-18-15(14-16)6-5-11-20-18/h8-9,14,17,19-20,22H,2-7,10-13H2,1H3. The third-order valence-electron chi connectivity index (χ3n) is 5.36. The molecule has 0 bridgehead atoms. The first-order chi connectivity index (χ1) is 10.8. The normalized spacial score (nSPS) is 23.6. The van der Waals surface area contributed by atoms with Crippen molar-refractivity contribution >= 4 is 5.69 Å². The van der Waals surface area contributed by atoms with Gasteiger partial charge in [0.05, 0.1) is 6.10 Å². The molecule has 1 saturated heterocycles. The molecular formula is C19H30N2O. The van der Waals surface area contributed by atoms with Gasteiger partial charge in [-0.25, -0.2) is 0 Å². The lowest BCUT2D eigenvalue weighted by Crippen LogP contribution is -2.40. The number of likely N-dealkylation sites (tertiary alicyclic amines) is 1. The number of aryl methyl sites for hydroxylation is 1. The van der Waals surface area contributed by atoms with Crippen molar-refractivity contribution in [2.75, 3.05) is 25.0 Å². The van der Waals surface area contributed by atoms with Crippen LogP contribution in [0, 0.1) is 0 Å². The third kappa shape index (κ3) is 3.64. The van der Waals surface area contributed by atoms with Gasteiger partial charge >= 0.3 is 0 Å². The fourth-order valence-corrected chi connectivity index (χ4v) is 3.97. The van der Waals surface area contributed by atoms with Crippen molar-refractivity contribution in [3.8, 4) is 0 Å². The maximum absolute atomic E-state index is 10.6. The summed E-state index contributed by atoms with van der Waals surface area (Å²) in [6, 6.07) is 7.17. The predicted octanol–water partition coefficient (Wildman–Crippen LogP) is 3.73. The van der Waals surface area contributed by atoms with E-state index in [1.54, 1.807) is 0 Å². The Morgan fingerprint density at radius 1 is 1.32 bits per heavy atom. The minimum absolute atomic E-state index is 0.327.